The fourth-order valence-electron chi connectivity index (χ4n) is 4.12. The minimum absolute atomic E-state index is 0.0775. The van der Waals surface area contributed by atoms with Crippen LogP contribution in [0, 0.1) is 6.92 Å². The van der Waals surface area contributed by atoms with E-state index in [2.05, 4.69) is 35.5 Å². The molecular weight excluding hydrogens is 370 g/mol. The van der Waals surface area contributed by atoms with E-state index >= 15 is 0 Å². The fraction of sp³-hybridized carbons (Fsp3) is 0.450. The van der Waals surface area contributed by atoms with E-state index in [1.54, 1.807) is 13.1 Å². The number of aromatic amines is 1. The summed E-state index contributed by atoms with van der Waals surface area (Å²) in [5, 5.41) is 14.3. The third kappa shape index (κ3) is 3.48. The van der Waals surface area contributed by atoms with Crippen molar-refractivity contribution < 1.29 is 9.32 Å². The molecule has 3 aromatic rings. The van der Waals surface area contributed by atoms with Crippen LogP contribution < -0.4 is 10.2 Å². The van der Waals surface area contributed by atoms with Crippen molar-refractivity contribution >= 4 is 11.7 Å². The number of carbonyl (C=O) groups excluding carboxylic acids is 1. The number of pyridine rings is 1. The number of nitrogens with zero attached hydrogens (tertiary/aromatic N) is 5. The van der Waals surface area contributed by atoms with Gasteiger partial charge >= 0.3 is 0 Å². The Labute approximate surface area is 167 Å². The Kier molecular flexibility index (Phi) is 4.49. The summed E-state index contributed by atoms with van der Waals surface area (Å²) in [4.78, 5) is 23.7. The molecule has 29 heavy (non-hydrogen) atoms. The van der Waals surface area contributed by atoms with E-state index in [0.717, 1.165) is 67.8 Å². The molecule has 9 nitrogen and oxygen atoms in total. The van der Waals surface area contributed by atoms with Gasteiger partial charge in [-0.3, -0.25) is 9.89 Å². The number of nitrogens with one attached hydrogen (secondary N) is 2. The minimum atomic E-state index is -0.0775. The maximum absolute atomic E-state index is 12.7. The molecule has 0 unspecified atom stereocenters. The molecule has 1 amide bonds. The van der Waals surface area contributed by atoms with E-state index in [1.165, 1.54) is 0 Å². The monoisotopic (exact) mass is 393 g/mol. The summed E-state index contributed by atoms with van der Waals surface area (Å²) < 4.78 is 5.18. The number of rotatable bonds is 4. The van der Waals surface area contributed by atoms with Crippen LogP contribution in [0.1, 0.15) is 46.8 Å². The maximum atomic E-state index is 12.7. The van der Waals surface area contributed by atoms with E-state index < -0.39 is 0 Å². The molecule has 1 aliphatic carbocycles. The van der Waals surface area contributed by atoms with Crippen molar-refractivity contribution in [3.8, 4) is 11.5 Å². The summed E-state index contributed by atoms with van der Waals surface area (Å²) in [5.74, 6) is 1.86. The maximum Gasteiger partial charge on any atom is 0.272 e. The number of hydrogen-bond donors (Lipinski definition) is 2. The van der Waals surface area contributed by atoms with Gasteiger partial charge in [0.1, 0.15) is 5.82 Å². The second kappa shape index (κ2) is 7.31. The van der Waals surface area contributed by atoms with E-state index in [9.17, 15) is 4.79 Å². The van der Waals surface area contributed by atoms with Crippen molar-refractivity contribution in [2.24, 2.45) is 0 Å². The van der Waals surface area contributed by atoms with Crippen molar-refractivity contribution in [3.05, 3.63) is 41.1 Å². The Morgan fingerprint density at radius 2 is 2.21 bits per heavy atom. The van der Waals surface area contributed by atoms with Crippen LogP contribution in [-0.4, -0.2) is 50.4 Å². The van der Waals surface area contributed by atoms with Gasteiger partial charge in [-0.25, -0.2) is 4.98 Å². The Morgan fingerprint density at radius 1 is 1.31 bits per heavy atom. The van der Waals surface area contributed by atoms with Crippen LogP contribution in [-0.2, 0) is 12.8 Å². The number of fused-ring (bicyclic) bond motifs is 1. The van der Waals surface area contributed by atoms with Gasteiger partial charge in [0.25, 0.3) is 11.8 Å². The number of carbonyl (C=O) groups is 1. The number of amides is 1. The summed E-state index contributed by atoms with van der Waals surface area (Å²) in [5.41, 5.74) is 3.57. The van der Waals surface area contributed by atoms with Gasteiger partial charge in [-0.15, -0.1) is 0 Å². The third-order valence-electron chi connectivity index (χ3n) is 5.64. The highest BCUT2D eigenvalue weighted by Crippen LogP contribution is 2.24. The molecule has 1 saturated heterocycles. The highest BCUT2D eigenvalue weighted by molar-refractivity contribution is 5.94. The first-order valence-corrected chi connectivity index (χ1v) is 10.1. The minimum Gasteiger partial charge on any atom is -0.354 e. The Bertz CT molecular complexity index is 1020. The zero-order chi connectivity index (χ0) is 19.8. The first-order valence-electron chi connectivity index (χ1n) is 10.1. The van der Waals surface area contributed by atoms with Crippen molar-refractivity contribution in [2.75, 3.05) is 18.0 Å². The number of aromatic nitrogens is 5. The standard InChI is InChI=1S/C20H23N7O2/c1-12-22-20(29-26-12)13-6-7-17(21-10-13)27-9-8-14(11-27)23-19(28)18-15-4-2-3-5-16(15)24-25-18/h6-7,10,14H,2-5,8-9,11H2,1H3,(H,23,28)(H,24,25)/t14-/m1/s1. The third-order valence-corrected chi connectivity index (χ3v) is 5.64. The van der Waals surface area contributed by atoms with Crippen molar-refractivity contribution in [1.82, 2.24) is 30.6 Å². The van der Waals surface area contributed by atoms with Gasteiger partial charge in [-0.1, -0.05) is 5.16 Å². The zero-order valence-electron chi connectivity index (χ0n) is 16.3. The van der Waals surface area contributed by atoms with Crippen LogP contribution in [0.2, 0.25) is 0 Å². The highest BCUT2D eigenvalue weighted by Gasteiger charge is 2.28. The smallest absolute Gasteiger partial charge is 0.272 e. The van der Waals surface area contributed by atoms with Crippen LogP contribution in [0.4, 0.5) is 5.82 Å². The second-order valence-electron chi connectivity index (χ2n) is 7.69. The van der Waals surface area contributed by atoms with Crippen LogP contribution in [0.25, 0.3) is 11.5 Å². The van der Waals surface area contributed by atoms with E-state index in [4.69, 9.17) is 4.52 Å². The molecule has 0 bridgehead atoms. The molecule has 1 aliphatic heterocycles. The fourth-order valence-corrected chi connectivity index (χ4v) is 4.12. The molecule has 0 saturated carbocycles. The first kappa shape index (κ1) is 17.8. The Balaban J connectivity index is 1.22. The highest BCUT2D eigenvalue weighted by atomic mass is 16.5. The summed E-state index contributed by atoms with van der Waals surface area (Å²) in [6.07, 6.45) is 6.81. The molecule has 3 aromatic heterocycles. The summed E-state index contributed by atoms with van der Waals surface area (Å²) in [6.45, 7) is 3.35. The van der Waals surface area contributed by atoms with Gasteiger partial charge in [-0.05, 0) is 51.2 Å². The molecule has 150 valence electrons. The molecule has 1 fully saturated rings. The molecule has 2 N–H and O–H groups in total. The molecule has 2 aliphatic rings. The van der Waals surface area contributed by atoms with Gasteiger partial charge < -0.3 is 14.7 Å². The van der Waals surface area contributed by atoms with Crippen LogP contribution in [0.3, 0.4) is 0 Å². The molecule has 5 rings (SSSR count). The van der Waals surface area contributed by atoms with Gasteiger partial charge in [-0.2, -0.15) is 10.1 Å². The second-order valence-corrected chi connectivity index (χ2v) is 7.69. The topological polar surface area (TPSA) is 113 Å². The average Bonchev–Trinajstić information content (AvgIpc) is 3.47. The molecule has 0 spiro atoms. The summed E-state index contributed by atoms with van der Waals surface area (Å²) in [6, 6.07) is 3.96. The molecule has 0 radical (unpaired) electrons. The van der Waals surface area contributed by atoms with Crippen molar-refractivity contribution in [3.63, 3.8) is 0 Å². The molecule has 4 heterocycles. The van der Waals surface area contributed by atoms with Gasteiger partial charge in [0.2, 0.25) is 0 Å². The van der Waals surface area contributed by atoms with Gasteiger partial charge in [0.15, 0.2) is 11.5 Å². The molecule has 0 aromatic carbocycles. The average molecular weight is 393 g/mol. The lowest BCUT2D eigenvalue weighted by Crippen LogP contribution is -2.37. The van der Waals surface area contributed by atoms with Gasteiger partial charge in [0, 0.05) is 36.6 Å². The predicted octanol–water partition coefficient (Wildman–Crippen LogP) is 2.05. The van der Waals surface area contributed by atoms with E-state index in [1.807, 2.05) is 12.1 Å². The lowest BCUT2D eigenvalue weighted by Gasteiger charge is -2.18. The van der Waals surface area contributed by atoms with Crippen LogP contribution in [0.15, 0.2) is 22.9 Å². The summed E-state index contributed by atoms with van der Waals surface area (Å²) in [7, 11) is 0. The number of aryl methyl sites for hydroxylation is 2. The van der Waals surface area contributed by atoms with Crippen LogP contribution >= 0.6 is 0 Å². The lowest BCUT2D eigenvalue weighted by molar-refractivity contribution is 0.0934. The zero-order valence-corrected chi connectivity index (χ0v) is 16.3. The lowest BCUT2D eigenvalue weighted by atomic mass is 9.95. The number of anilines is 1. The molecule has 9 heteroatoms. The first-order chi connectivity index (χ1) is 14.2. The normalized spacial score (nSPS) is 18.7. The van der Waals surface area contributed by atoms with E-state index in [-0.39, 0.29) is 11.9 Å². The molecular formula is C20H23N7O2. The quantitative estimate of drug-likeness (QED) is 0.697. The number of hydrogen-bond acceptors (Lipinski definition) is 7. The van der Waals surface area contributed by atoms with Crippen molar-refractivity contribution in [1.29, 1.82) is 0 Å². The van der Waals surface area contributed by atoms with Gasteiger partial charge in [0.05, 0.1) is 5.56 Å². The number of H-pyrrole nitrogens is 1. The predicted molar refractivity (Wildman–Crippen MR) is 106 cm³/mol. The SMILES string of the molecule is Cc1noc(-c2ccc(N3CC[C@@H](NC(=O)c4n[nH]c5c4CCCC5)C3)nc2)n1. The van der Waals surface area contributed by atoms with Crippen molar-refractivity contribution in [2.45, 2.75) is 45.1 Å². The largest absolute Gasteiger partial charge is 0.354 e. The Hall–Kier alpha value is -3.23. The Morgan fingerprint density at radius 3 is 3.00 bits per heavy atom. The summed E-state index contributed by atoms with van der Waals surface area (Å²) >= 11 is 0. The van der Waals surface area contributed by atoms with Crippen LogP contribution in [0.5, 0.6) is 0 Å². The van der Waals surface area contributed by atoms with E-state index in [0.29, 0.717) is 17.4 Å². The molecule has 1 atom stereocenters.